The predicted octanol–water partition coefficient (Wildman–Crippen LogP) is 8.46. The molecule has 4 aromatic carbocycles. The summed E-state index contributed by atoms with van der Waals surface area (Å²) in [6, 6.07) is 30.2. The Bertz CT molecular complexity index is 1510. The van der Waals surface area contributed by atoms with Gasteiger partial charge in [0.2, 0.25) is 0 Å². The highest BCUT2D eigenvalue weighted by atomic mass is 35.5. The molecular formula is C26H16ClNO2. The maximum atomic E-state index is 6.55. The number of furan rings is 2. The summed E-state index contributed by atoms with van der Waals surface area (Å²) in [5, 5.41) is 3.71. The lowest BCUT2D eigenvalue weighted by Crippen LogP contribution is -2.09. The van der Waals surface area contributed by atoms with Gasteiger partial charge in [0.05, 0.1) is 16.8 Å². The Kier molecular flexibility index (Phi) is 3.83. The van der Waals surface area contributed by atoms with Gasteiger partial charge in [-0.15, -0.1) is 0 Å². The first-order valence-corrected chi connectivity index (χ1v) is 10.1. The Morgan fingerprint density at radius 1 is 0.633 bits per heavy atom. The smallest absolute Gasteiger partial charge is 0.139 e. The number of fused-ring (bicyclic) bond motifs is 4. The van der Waals surface area contributed by atoms with Crippen molar-refractivity contribution in [3.8, 4) is 0 Å². The molecule has 6 rings (SSSR count). The van der Waals surface area contributed by atoms with Crippen LogP contribution in [0.15, 0.2) is 106 Å². The molecule has 0 atom stereocenters. The zero-order chi connectivity index (χ0) is 20.1. The van der Waals surface area contributed by atoms with Gasteiger partial charge in [-0.2, -0.15) is 0 Å². The summed E-state index contributed by atoms with van der Waals surface area (Å²) in [7, 11) is 0. The quantitative estimate of drug-likeness (QED) is 0.293. The minimum Gasteiger partial charge on any atom is -0.462 e. The fourth-order valence-electron chi connectivity index (χ4n) is 4.10. The molecular weight excluding hydrogens is 394 g/mol. The van der Waals surface area contributed by atoms with Crippen molar-refractivity contribution in [2.75, 3.05) is 4.90 Å². The standard InChI is InChI=1S/C26H16ClNO2/c27-17-14-21(26-20-11-5-7-13-24(20)30-25(26)15-17)28(18-8-2-1-3-9-18)22-16-29-23-12-6-4-10-19(22)23/h1-16H. The van der Waals surface area contributed by atoms with Gasteiger partial charge >= 0.3 is 0 Å². The third kappa shape index (κ3) is 2.60. The second-order valence-electron chi connectivity index (χ2n) is 7.18. The van der Waals surface area contributed by atoms with Crippen LogP contribution in [-0.4, -0.2) is 0 Å². The highest BCUT2D eigenvalue weighted by Crippen LogP contribution is 2.46. The molecule has 0 saturated heterocycles. The van der Waals surface area contributed by atoms with Crippen molar-refractivity contribution in [2.24, 2.45) is 0 Å². The summed E-state index contributed by atoms with van der Waals surface area (Å²) in [5.74, 6) is 0. The molecule has 0 spiro atoms. The second kappa shape index (κ2) is 6.68. The second-order valence-corrected chi connectivity index (χ2v) is 7.62. The molecule has 0 aliphatic rings. The van der Waals surface area contributed by atoms with E-state index in [1.54, 1.807) is 6.26 Å². The van der Waals surface area contributed by atoms with Crippen molar-refractivity contribution in [3.63, 3.8) is 0 Å². The zero-order valence-electron chi connectivity index (χ0n) is 15.9. The molecule has 0 aliphatic carbocycles. The highest BCUT2D eigenvalue weighted by molar-refractivity contribution is 6.32. The largest absolute Gasteiger partial charge is 0.462 e. The molecule has 0 fully saturated rings. The van der Waals surface area contributed by atoms with Gasteiger partial charge in [0.1, 0.15) is 23.0 Å². The topological polar surface area (TPSA) is 29.5 Å². The van der Waals surface area contributed by atoms with Crippen molar-refractivity contribution in [3.05, 3.63) is 102 Å². The van der Waals surface area contributed by atoms with Crippen LogP contribution in [-0.2, 0) is 0 Å². The molecule has 0 unspecified atom stereocenters. The third-order valence-corrected chi connectivity index (χ3v) is 5.60. The summed E-state index contributed by atoms with van der Waals surface area (Å²) in [6.07, 6.45) is 1.80. The minimum absolute atomic E-state index is 0.616. The summed E-state index contributed by atoms with van der Waals surface area (Å²) < 4.78 is 12.0. The molecule has 144 valence electrons. The van der Waals surface area contributed by atoms with Gasteiger partial charge in [0, 0.05) is 27.5 Å². The summed E-state index contributed by atoms with van der Waals surface area (Å²) >= 11 is 6.55. The van der Waals surface area contributed by atoms with Crippen LogP contribution in [0.5, 0.6) is 0 Å². The number of rotatable bonds is 3. The summed E-state index contributed by atoms with van der Waals surface area (Å²) in [6.45, 7) is 0. The first-order chi connectivity index (χ1) is 14.8. The summed E-state index contributed by atoms with van der Waals surface area (Å²) in [4.78, 5) is 2.18. The number of anilines is 3. The molecule has 2 aromatic heterocycles. The van der Waals surface area contributed by atoms with E-state index in [9.17, 15) is 0 Å². The van der Waals surface area contributed by atoms with Gasteiger partial charge in [-0.05, 0) is 36.4 Å². The fraction of sp³-hybridized carbons (Fsp3) is 0. The van der Waals surface area contributed by atoms with E-state index in [0.717, 1.165) is 50.0 Å². The highest BCUT2D eigenvalue weighted by Gasteiger charge is 2.22. The van der Waals surface area contributed by atoms with E-state index in [0.29, 0.717) is 5.02 Å². The van der Waals surface area contributed by atoms with Crippen molar-refractivity contribution in [1.82, 2.24) is 0 Å². The predicted molar refractivity (Wildman–Crippen MR) is 123 cm³/mol. The zero-order valence-corrected chi connectivity index (χ0v) is 16.6. The third-order valence-electron chi connectivity index (χ3n) is 5.38. The first kappa shape index (κ1) is 17.2. The van der Waals surface area contributed by atoms with Crippen LogP contribution >= 0.6 is 11.6 Å². The normalized spacial score (nSPS) is 11.5. The molecule has 0 aliphatic heterocycles. The number of benzene rings is 4. The lowest BCUT2D eigenvalue weighted by Gasteiger charge is -2.25. The van der Waals surface area contributed by atoms with E-state index in [2.05, 4.69) is 29.2 Å². The van der Waals surface area contributed by atoms with Crippen LogP contribution in [0.2, 0.25) is 5.02 Å². The minimum atomic E-state index is 0.616. The average Bonchev–Trinajstić information content (AvgIpc) is 3.36. The molecule has 0 radical (unpaired) electrons. The van der Waals surface area contributed by atoms with Crippen LogP contribution in [0.3, 0.4) is 0 Å². The first-order valence-electron chi connectivity index (χ1n) is 9.72. The van der Waals surface area contributed by atoms with Crippen molar-refractivity contribution in [2.45, 2.75) is 0 Å². The Hall–Kier alpha value is -3.69. The Balaban J connectivity index is 1.74. The van der Waals surface area contributed by atoms with Gasteiger partial charge in [0.25, 0.3) is 0 Å². The number of para-hydroxylation sites is 3. The fourth-order valence-corrected chi connectivity index (χ4v) is 4.30. The monoisotopic (exact) mass is 409 g/mol. The van der Waals surface area contributed by atoms with Crippen LogP contribution in [0.25, 0.3) is 32.9 Å². The molecule has 0 saturated carbocycles. The molecule has 0 N–H and O–H groups in total. The van der Waals surface area contributed by atoms with Gasteiger partial charge < -0.3 is 13.7 Å². The average molecular weight is 410 g/mol. The lowest BCUT2D eigenvalue weighted by atomic mass is 10.1. The Morgan fingerprint density at radius 3 is 2.17 bits per heavy atom. The van der Waals surface area contributed by atoms with Gasteiger partial charge in [-0.25, -0.2) is 0 Å². The molecule has 3 nitrogen and oxygen atoms in total. The SMILES string of the molecule is Clc1cc(N(c2ccccc2)c2coc3ccccc23)c2c(c1)oc1ccccc12. The van der Waals surface area contributed by atoms with Crippen LogP contribution in [0, 0.1) is 0 Å². The lowest BCUT2D eigenvalue weighted by molar-refractivity contribution is 0.616. The van der Waals surface area contributed by atoms with E-state index in [1.807, 2.05) is 66.7 Å². The molecule has 6 aromatic rings. The van der Waals surface area contributed by atoms with Gasteiger partial charge in [-0.3, -0.25) is 0 Å². The molecule has 30 heavy (non-hydrogen) atoms. The Morgan fingerprint density at radius 2 is 1.33 bits per heavy atom. The summed E-state index contributed by atoms with van der Waals surface area (Å²) in [5.41, 5.74) is 5.33. The van der Waals surface area contributed by atoms with Gasteiger partial charge in [-0.1, -0.05) is 60.1 Å². The Labute approximate surface area is 177 Å². The number of halogens is 1. The van der Waals surface area contributed by atoms with E-state index in [4.69, 9.17) is 20.4 Å². The number of hydrogen-bond donors (Lipinski definition) is 0. The van der Waals surface area contributed by atoms with Crippen LogP contribution < -0.4 is 4.90 Å². The van der Waals surface area contributed by atoms with E-state index < -0.39 is 0 Å². The maximum Gasteiger partial charge on any atom is 0.139 e. The van der Waals surface area contributed by atoms with Crippen molar-refractivity contribution in [1.29, 1.82) is 0 Å². The van der Waals surface area contributed by atoms with Crippen LogP contribution in [0.1, 0.15) is 0 Å². The number of hydrogen-bond acceptors (Lipinski definition) is 3. The van der Waals surface area contributed by atoms with E-state index in [-0.39, 0.29) is 0 Å². The maximum absolute atomic E-state index is 6.55. The van der Waals surface area contributed by atoms with E-state index >= 15 is 0 Å². The molecule has 4 heteroatoms. The van der Waals surface area contributed by atoms with Crippen LogP contribution in [0.4, 0.5) is 17.1 Å². The molecule has 0 bridgehead atoms. The van der Waals surface area contributed by atoms with Gasteiger partial charge in [0.15, 0.2) is 0 Å². The van der Waals surface area contributed by atoms with E-state index in [1.165, 1.54) is 0 Å². The van der Waals surface area contributed by atoms with Crippen molar-refractivity contribution < 1.29 is 8.83 Å². The molecule has 2 heterocycles. The molecule has 0 amide bonds. The van der Waals surface area contributed by atoms with Crippen molar-refractivity contribution >= 4 is 61.6 Å². The number of nitrogens with zero attached hydrogens (tertiary/aromatic N) is 1.